The molecule has 6 rings (SSSR count). The zero-order chi connectivity index (χ0) is 29.2. The maximum Gasteiger partial charge on any atom is 0.404 e. The molecule has 0 saturated heterocycles. The number of imidazole rings is 1. The third kappa shape index (κ3) is 7.55. The number of nitrogens with zero attached hydrogens (tertiary/aromatic N) is 4. The molecule has 2 aromatic heterocycles. The smallest absolute Gasteiger partial charge is 0.404 e. The standard InChI is InChI=1S/C17H11BrN4.C12H15NO.C2H5NO2/c18-13-5-6-14-15(7-13)20-9-17(22-14)12-3-1-11(2-4-12)16-8-19-10-21-16;1-2-4-10-5-3-6-11-7-8-13(9-14)12(10)11;1-5-2(3)4/h1-10H,(H,19,21);3,5-6,9H,2,4,7-8H2,1H3;1H3,(H2,3,4). The van der Waals surface area contributed by atoms with Crippen LogP contribution < -0.4 is 10.6 Å². The van der Waals surface area contributed by atoms with E-state index in [4.69, 9.17) is 0 Å². The summed E-state index contributed by atoms with van der Waals surface area (Å²) in [6.07, 6.45) is 8.69. The Hall–Kier alpha value is -4.57. The molecule has 0 saturated carbocycles. The lowest BCUT2D eigenvalue weighted by Crippen LogP contribution is -2.18. The van der Waals surface area contributed by atoms with Crippen molar-refractivity contribution < 1.29 is 14.3 Å². The van der Waals surface area contributed by atoms with Crippen molar-refractivity contribution in [1.29, 1.82) is 0 Å². The molecule has 1 aliphatic heterocycles. The number of nitrogens with two attached hydrogens (primary N) is 1. The lowest BCUT2D eigenvalue weighted by Gasteiger charge is -2.14. The Morgan fingerprint density at radius 1 is 1.10 bits per heavy atom. The Kier molecular flexibility index (Phi) is 10.2. The maximum absolute atomic E-state index is 10.9. The first kappa shape index (κ1) is 29.4. The lowest BCUT2D eigenvalue weighted by atomic mass is 10.0. The van der Waals surface area contributed by atoms with Crippen molar-refractivity contribution in [3.8, 4) is 22.5 Å². The third-order valence-corrected chi connectivity index (χ3v) is 6.95. The number of para-hydroxylation sites is 1. The summed E-state index contributed by atoms with van der Waals surface area (Å²) in [5, 5.41) is 0. The second kappa shape index (κ2) is 14.2. The summed E-state index contributed by atoms with van der Waals surface area (Å²) in [7, 11) is 1.22. The van der Waals surface area contributed by atoms with Crippen LogP contribution in [0.1, 0.15) is 24.5 Å². The van der Waals surface area contributed by atoms with E-state index in [9.17, 15) is 9.59 Å². The average molecular weight is 616 g/mol. The normalized spacial score (nSPS) is 11.5. The summed E-state index contributed by atoms with van der Waals surface area (Å²) >= 11 is 3.45. The van der Waals surface area contributed by atoms with Crippen molar-refractivity contribution >= 4 is 45.2 Å². The molecule has 3 heterocycles. The Morgan fingerprint density at radius 3 is 2.51 bits per heavy atom. The highest BCUT2D eigenvalue weighted by Gasteiger charge is 2.20. The monoisotopic (exact) mass is 614 g/mol. The van der Waals surface area contributed by atoms with Gasteiger partial charge in [0.15, 0.2) is 0 Å². The number of benzene rings is 3. The van der Waals surface area contributed by atoms with Crippen molar-refractivity contribution in [2.75, 3.05) is 18.6 Å². The Morgan fingerprint density at radius 2 is 1.85 bits per heavy atom. The molecule has 0 fully saturated rings. The van der Waals surface area contributed by atoms with E-state index in [2.05, 4.69) is 83.6 Å². The second-order valence-electron chi connectivity index (χ2n) is 9.18. The van der Waals surface area contributed by atoms with E-state index in [1.54, 1.807) is 12.5 Å². The zero-order valence-corrected chi connectivity index (χ0v) is 24.5. The highest BCUT2D eigenvalue weighted by Crippen LogP contribution is 2.31. The van der Waals surface area contributed by atoms with Crippen LogP contribution in [0.4, 0.5) is 10.5 Å². The van der Waals surface area contributed by atoms with E-state index in [-0.39, 0.29) is 0 Å². The largest absolute Gasteiger partial charge is 0.453 e. The number of aryl methyl sites for hydroxylation is 1. The van der Waals surface area contributed by atoms with Gasteiger partial charge in [0.25, 0.3) is 0 Å². The number of halogens is 1. The van der Waals surface area contributed by atoms with Gasteiger partial charge in [-0.1, -0.05) is 71.7 Å². The minimum Gasteiger partial charge on any atom is -0.453 e. The topological polar surface area (TPSA) is 127 Å². The molecular formula is C31H31BrN6O3. The van der Waals surface area contributed by atoms with E-state index in [1.165, 1.54) is 23.9 Å². The van der Waals surface area contributed by atoms with Crippen LogP contribution >= 0.6 is 15.9 Å². The van der Waals surface area contributed by atoms with Gasteiger partial charge in [-0.15, -0.1) is 0 Å². The number of anilines is 1. The van der Waals surface area contributed by atoms with Crippen molar-refractivity contribution in [3.05, 3.63) is 95.0 Å². The fraction of sp³-hybridized carbons (Fsp3) is 0.194. The summed E-state index contributed by atoms with van der Waals surface area (Å²) in [4.78, 5) is 38.3. The molecule has 2 amide bonds. The van der Waals surface area contributed by atoms with Gasteiger partial charge in [-0.25, -0.2) is 14.8 Å². The van der Waals surface area contributed by atoms with Crippen LogP contribution in [0, 0.1) is 0 Å². The van der Waals surface area contributed by atoms with Crippen LogP contribution in [0.3, 0.4) is 0 Å². The number of H-pyrrole nitrogens is 1. The number of fused-ring (bicyclic) bond motifs is 2. The third-order valence-electron chi connectivity index (χ3n) is 6.45. The van der Waals surface area contributed by atoms with Gasteiger partial charge < -0.3 is 20.4 Å². The van der Waals surface area contributed by atoms with Crippen LogP contribution in [0.2, 0.25) is 0 Å². The fourth-order valence-electron chi connectivity index (χ4n) is 4.50. The van der Waals surface area contributed by atoms with Crippen LogP contribution in [-0.4, -0.2) is 46.1 Å². The number of carbonyl (C=O) groups is 2. The molecule has 3 N–H and O–H groups in total. The summed E-state index contributed by atoms with van der Waals surface area (Å²) in [5.41, 5.74) is 14.0. The quantitative estimate of drug-likeness (QED) is 0.223. The number of aromatic amines is 1. The van der Waals surface area contributed by atoms with E-state index in [0.29, 0.717) is 0 Å². The van der Waals surface area contributed by atoms with Crippen LogP contribution in [0.15, 0.2) is 83.9 Å². The maximum atomic E-state index is 10.9. The average Bonchev–Trinajstić information content (AvgIpc) is 3.69. The molecule has 0 spiro atoms. The number of carbonyl (C=O) groups excluding carboxylic acids is 2. The molecule has 3 aromatic carbocycles. The van der Waals surface area contributed by atoms with Crippen LogP contribution in [0.5, 0.6) is 0 Å². The number of rotatable bonds is 5. The van der Waals surface area contributed by atoms with E-state index >= 15 is 0 Å². The number of hydrogen-bond acceptors (Lipinski definition) is 6. The first-order valence-corrected chi connectivity index (χ1v) is 13.9. The molecule has 0 bridgehead atoms. The number of methoxy groups -OCH3 is 1. The van der Waals surface area contributed by atoms with E-state index in [1.807, 2.05) is 41.4 Å². The Balaban J connectivity index is 0.000000174. The number of hydrogen-bond donors (Lipinski definition) is 2. The molecule has 5 aromatic rings. The molecule has 0 aliphatic carbocycles. The molecule has 0 radical (unpaired) electrons. The first-order chi connectivity index (χ1) is 19.9. The Bertz CT molecular complexity index is 1610. The van der Waals surface area contributed by atoms with E-state index < -0.39 is 6.09 Å². The van der Waals surface area contributed by atoms with Gasteiger partial charge in [0.1, 0.15) is 0 Å². The van der Waals surface area contributed by atoms with Crippen molar-refractivity contribution in [3.63, 3.8) is 0 Å². The molecule has 210 valence electrons. The van der Waals surface area contributed by atoms with Crippen molar-refractivity contribution in [2.24, 2.45) is 5.73 Å². The predicted molar refractivity (Wildman–Crippen MR) is 164 cm³/mol. The predicted octanol–water partition coefficient (Wildman–Crippen LogP) is 6.32. The minimum atomic E-state index is -0.745. The van der Waals surface area contributed by atoms with Gasteiger partial charge in [-0.2, -0.15) is 0 Å². The molecular weight excluding hydrogens is 584 g/mol. The van der Waals surface area contributed by atoms with Gasteiger partial charge in [0.2, 0.25) is 6.41 Å². The van der Waals surface area contributed by atoms with Crippen LogP contribution in [-0.2, 0) is 22.4 Å². The number of nitrogens with one attached hydrogen (secondary N) is 1. The molecule has 41 heavy (non-hydrogen) atoms. The molecule has 10 heteroatoms. The minimum absolute atomic E-state index is 0.745. The molecule has 0 atom stereocenters. The summed E-state index contributed by atoms with van der Waals surface area (Å²) in [6, 6.07) is 20.5. The second-order valence-corrected chi connectivity index (χ2v) is 10.1. The molecule has 9 nitrogen and oxygen atoms in total. The summed E-state index contributed by atoms with van der Waals surface area (Å²) < 4.78 is 4.89. The number of primary amides is 1. The molecule has 1 aliphatic rings. The van der Waals surface area contributed by atoms with Crippen LogP contribution in [0.25, 0.3) is 33.5 Å². The number of ether oxygens (including phenoxy) is 1. The Labute approximate surface area is 246 Å². The van der Waals surface area contributed by atoms with Crippen molar-refractivity contribution in [1.82, 2.24) is 19.9 Å². The highest BCUT2D eigenvalue weighted by atomic mass is 79.9. The van der Waals surface area contributed by atoms with Gasteiger partial charge in [0, 0.05) is 22.3 Å². The lowest BCUT2D eigenvalue weighted by molar-refractivity contribution is -0.107. The zero-order valence-electron chi connectivity index (χ0n) is 22.9. The van der Waals surface area contributed by atoms with Gasteiger partial charge in [-0.3, -0.25) is 9.78 Å². The van der Waals surface area contributed by atoms with Crippen molar-refractivity contribution in [2.45, 2.75) is 26.2 Å². The van der Waals surface area contributed by atoms with Gasteiger partial charge >= 0.3 is 6.09 Å². The SMILES string of the molecule is Brc1ccc2nc(-c3ccc(-c4cnc[nH]4)cc3)cnc2c1.CCCc1cccc2c1N(C=O)CC2.COC(N)=O. The summed E-state index contributed by atoms with van der Waals surface area (Å²) in [6.45, 7) is 3.01. The molecule has 0 unspecified atom stereocenters. The summed E-state index contributed by atoms with van der Waals surface area (Å²) in [5.74, 6) is 0. The number of aromatic nitrogens is 4. The highest BCUT2D eigenvalue weighted by molar-refractivity contribution is 9.10. The first-order valence-electron chi connectivity index (χ1n) is 13.1. The van der Waals surface area contributed by atoms with Gasteiger partial charge in [0.05, 0.1) is 48.3 Å². The van der Waals surface area contributed by atoms with E-state index in [0.717, 1.165) is 70.2 Å². The van der Waals surface area contributed by atoms with Gasteiger partial charge in [-0.05, 0) is 47.7 Å². The number of amides is 2. The fourth-order valence-corrected chi connectivity index (χ4v) is 4.85.